The minimum Gasteiger partial charge on any atom is -0.415 e. The van der Waals surface area contributed by atoms with E-state index in [0.29, 0.717) is 22.3 Å². The molecule has 11 heteroatoms. The Balaban J connectivity index is 1.49. The average molecular weight is 479 g/mol. The average Bonchev–Trinajstić information content (AvgIpc) is 3.34. The molecule has 0 radical (unpaired) electrons. The Morgan fingerprint density at radius 2 is 2.06 bits per heavy atom. The molecule has 2 atom stereocenters. The molecule has 0 aromatic carbocycles. The van der Waals surface area contributed by atoms with Gasteiger partial charge in [0.25, 0.3) is 5.89 Å². The van der Waals surface area contributed by atoms with E-state index >= 15 is 0 Å². The molecule has 0 bridgehead atoms. The summed E-state index contributed by atoms with van der Waals surface area (Å²) < 4.78 is 30.3. The number of allylic oxidation sites excluding steroid dienone is 2. The highest BCUT2D eigenvalue weighted by atomic mass is 35.5. The lowest BCUT2D eigenvalue weighted by molar-refractivity contribution is -0.121. The highest BCUT2D eigenvalue weighted by Crippen LogP contribution is 2.27. The van der Waals surface area contributed by atoms with E-state index in [2.05, 4.69) is 32.4 Å². The van der Waals surface area contributed by atoms with Crippen molar-refractivity contribution in [2.24, 2.45) is 0 Å². The molecule has 1 amide bonds. The third kappa shape index (κ3) is 5.45. The van der Waals surface area contributed by atoms with Crippen LogP contribution in [-0.4, -0.2) is 69.7 Å². The Hall–Kier alpha value is -2.69. The molecule has 8 nitrogen and oxygen atoms in total. The molecule has 0 saturated carbocycles. The number of halogens is 3. The second-order valence-corrected chi connectivity index (χ2v) is 8.54. The van der Waals surface area contributed by atoms with E-state index < -0.39 is 12.3 Å². The predicted molar refractivity (Wildman–Crippen MR) is 118 cm³/mol. The Morgan fingerprint density at radius 1 is 1.27 bits per heavy atom. The topological polar surface area (TPSA) is 87.4 Å². The van der Waals surface area contributed by atoms with Crippen molar-refractivity contribution in [3.05, 3.63) is 53.2 Å². The van der Waals surface area contributed by atoms with Gasteiger partial charge in [-0.2, -0.15) is 8.78 Å². The number of amides is 1. The van der Waals surface area contributed by atoms with Gasteiger partial charge in [0.05, 0.1) is 29.9 Å². The molecule has 176 valence electrons. The normalized spacial score (nSPS) is 21.5. The van der Waals surface area contributed by atoms with Gasteiger partial charge in [-0.3, -0.25) is 14.7 Å². The summed E-state index contributed by atoms with van der Waals surface area (Å²) in [5.74, 6) is -0.772. The lowest BCUT2D eigenvalue weighted by Gasteiger charge is -2.42. The SMILES string of the molecule is CN(C1CCNCC1)C1C=CC(Cl)=CC1N(C=O)Cc1ccc(-c2nnc(C(F)F)o2)cn1. The van der Waals surface area contributed by atoms with Gasteiger partial charge in [0.1, 0.15) is 0 Å². The summed E-state index contributed by atoms with van der Waals surface area (Å²) in [6.45, 7) is 2.20. The summed E-state index contributed by atoms with van der Waals surface area (Å²) in [5, 5.41) is 10.9. The van der Waals surface area contributed by atoms with E-state index in [1.807, 2.05) is 18.2 Å². The van der Waals surface area contributed by atoms with Crippen LogP contribution in [0.2, 0.25) is 0 Å². The first-order chi connectivity index (χ1) is 16.0. The third-order valence-corrected chi connectivity index (χ3v) is 6.30. The smallest absolute Gasteiger partial charge is 0.314 e. The molecule has 2 aromatic rings. The Kier molecular flexibility index (Phi) is 7.46. The molecule has 2 aromatic heterocycles. The van der Waals surface area contributed by atoms with Crippen LogP contribution in [0.3, 0.4) is 0 Å². The quantitative estimate of drug-likeness (QED) is 0.583. The first-order valence-electron chi connectivity index (χ1n) is 10.7. The van der Waals surface area contributed by atoms with E-state index in [0.717, 1.165) is 32.3 Å². The van der Waals surface area contributed by atoms with Crippen LogP contribution in [-0.2, 0) is 11.3 Å². The van der Waals surface area contributed by atoms with Gasteiger partial charge in [0, 0.05) is 17.3 Å². The third-order valence-electron chi connectivity index (χ3n) is 6.05. The maximum absolute atomic E-state index is 12.7. The van der Waals surface area contributed by atoms with Gasteiger partial charge < -0.3 is 14.6 Å². The zero-order valence-electron chi connectivity index (χ0n) is 18.1. The highest BCUT2D eigenvalue weighted by molar-refractivity contribution is 6.31. The van der Waals surface area contributed by atoms with Crippen molar-refractivity contribution in [3.63, 3.8) is 0 Å². The molecule has 0 spiro atoms. The number of carbonyl (C=O) groups is 1. The van der Waals surface area contributed by atoms with E-state index in [-0.39, 0.29) is 24.5 Å². The monoisotopic (exact) mass is 478 g/mol. The van der Waals surface area contributed by atoms with Crippen LogP contribution in [0, 0.1) is 0 Å². The van der Waals surface area contributed by atoms with Crippen LogP contribution in [0.4, 0.5) is 8.78 Å². The number of nitrogens with one attached hydrogen (secondary N) is 1. The fourth-order valence-electron chi connectivity index (χ4n) is 4.23. The van der Waals surface area contributed by atoms with E-state index in [1.54, 1.807) is 17.0 Å². The maximum Gasteiger partial charge on any atom is 0.314 e. The molecule has 1 aliphatic heterocycles. The lowest BCUT2D eigenvalue weighted by Crippen LogP contribution is -2.54. The standard InChI is InChI=1S/C22H25ClF2N6O2/c1-30(17-6-8-26-9-7-17)18-5-3-15(23)10-19(18)31(13-32)12-16-4-2-14(11-27-16)21-28-29-22(33-21)20(24)25/h2-5,10-11,13,17-20,26H,6-9,12H2,1H3. The number of hydrogen-bond donors (Lipinski definition) is 1. The highest BCUT2D eigenvalue weighted by Gasteiger charge is 2.33. The number of aromatic nitrogens is 3. The van der Waals surface area contributed by atoms with Gasteiger partial charge in [0.2, 0.25) is 12.3 Å². The fourth-order valence-corrected chi connectivity index (χ4v) is 4.43. The second-order valence-electron chi connectivity index (χ2n) is 8.10. The fraction of sp³-hybridized carbons (Fsp3) is 0.455. The molecule has 2 unspecified atom stereocenters. The molecule has 1 N–H and O–H groups in total. The molecular weight excluding hydrogens is 454 g/mol. The van der Waals surface area contributed by atoms with Crippen molar-refractivity contribution >= 4 is 18.0 Å². The number of rotatable bonds is 8. The van der Waals surface area contributed by atoms with E-state index in [4.69, 9.17) is 16.0 Å². The summed E-state index contributed by atoms with van der Waals surface area (Å²) in [7, 11) is 2.08. The van der Waals surface area contributed by atoms with Crippen LogP contribution < -0.4 is 5.32 Å². The number of hydrogen-bond acceptors (Lipinski definition) is 7. The van der Waals surface area contributed by atoms with Crippen LogP contribution >= 0.6 is 11.6 Å². The van der Waals surface area contributed by atoms with Gasteiger partial charge in [-0.05, 0) is 57.3 Å². The van der Waals surface area contributed by atoms with Crippen LogP contribution in [0.1, 0.15) is 30.9 Å². The van der Waals surface area contributed by atoms with Crippen LogP contribution in [0.15, 0.2) is 46.0 Å². The number of likely N-dealkylation sites (N-methyl/N-ethyl adjacent to an activating group) is 1. The Bertz CT molecular complexity index is 1010. The summed E-state index contributed by atoms with van der Waals surface area (Å²) in [6.07, 6.45) is 7.30. The molecule has 1 aliphatic carbocycles. The number of alkyl halides is 2. The summed E-state index contributed by atoms with van der Waals surface area (Å²) in [4.78, 5) is 20.4. The van der Waals surface area contributed by atoms with Crippen molar-refractivity contribution in [1.29, 1.82) is 0 Å². The van der Waals surface area contributed by atoms with Crippen molar-refractivity contribution in [1.82, 2.24) is 30.3 Å². The van der Waals surface area contributed by atoms with Gasteiger partial charge in [-0.1, -0.05) is 17.7 Å². The molecule has 3 heterocycles. The number of carbonyl (C=O) groups excluding carboxylic acids is 1. The molecule has 4 rings (SSSR count). The zero-order valence-corrected chi connectivity index (χ0v) is 18.8. The lowest BCUT2D eigenvalue weighted by atomic mass is 9.95. The number of nitrogens with zero attached hydrogens (tertiary/aromatic N) is 5. The van der Waals surface area contributed by atoms with Crippen LogP contribution in [0.25, 0.3) is 11.5 Å². The summed E-state index contributed by atoms with van der Waals surface area (Å²) in [5.41, 5.74) is 1.05. The van der Waals surface area contributed by atoms with Crippen molar-refractivity contribution in [2.75, 3.05) is 20.1 Å². The van der Waals surface area contributed by atoms with E-state index in [9.17, 15) is 13.6 Å². The predicted octanol–water partition coefficient (Wildman–Crippen LogP) is 3.14. The zero-order chi connectivity index (χ0) is 23.4. The molecule has 1 saturated heterocycles. The van der Waals surface area contributed by atoms with Gasteiger partial charge >= 0.3 is 6.43 Å². The molecule has 33 heavy (non-hydrogen) atoms. The van der Waals surface area contributed by atoms with Gasteiger partial charge in [0.15, 0.2) is 0 Å². The Labute approximate surface area is 195 Å². The largest absolute Gasteiger partial charge is 0.415 e. The summed E-state index contributed by atoms with van der Waals surface area (Å²) >= 11 is 6.29. The summed E-state index contributed by atoms with van der Waals surface area (Å²) in [6, 6.07) is 3.48. The number of pyridine rings is 1. The first-order valence-corrected chi connectivity index (χ1v) is 11.1. The van der Waals surface area contributed by atoms with Crippen molar-refractivity contribution in [2.45, 2.75) is 43.9 Å². The first kappa shape index (κ1) is 23.5. The van der Waals surface area contributed by atoms with Gasteiger partial charge in [-0.25, -0.2) is 0 Å². The van der Waals surface area contributed by atoms with Gasteiger partial charge in [-0.15, -0.1) is 10.2 Å². The Morgan fingerprint density at radius 3 is 2.70 bits per heavy atom. The van der Waals surface area contributed by atoms with Crippen LogP contribution in [0.5, 0.6) is 0 Å². The number of piperidine rings is 1. The van der Waals surface area contributed by atoms with Crippen molar-refractivity contribution in [3.8, 4) is 11.5 Å². The van der Waals surface area contributed by atoms with Crippen molar-refractivity contribution < 1.29 is 18.0 Å². The maximum atomic E-state index is 12.7. The minimum absolute atomic E-state index is 0.0220. The molecule has 1 fully saturated rings. The second kappa shape index (κ2) is 10.5. The molecule has 2 aliphatic rings. The molecular formula is C22H25ClF2N6O2. The minimum atomic E-state index is -2.83. The van der Waals surface area contributed by atoms with E-state index in [1.165, 1.54) is 6.20 Å².